The average Bonchev–Trinajstić information content (AvgIpc) is 2.41. The molecule has 2 rings (SSSR count). The molecule has 0 spiro atoms. The summed E-state index contributed by atoms with van der Waals surface area (Å²) in [4.78, 5) is 15.2. The van der Waals surface area contributed by atoms with E-state index in [0.29, 0.717) is 4.99 Å². The molecule has 1 aliphatic rings. The highest BCUT2D eigenvalue weighted by Gasteiger charge is 2.26. The highest BCUT2D eigenvalue weighted by Crippen LogP contribution is 2.24. The molecule has 1 aliphatic heterocycles. The van der Waals surface area contributed by atoms with Gasteiger partial charge in [-0.2, -0.15) is 0 Å². The Morgan fingerprint density at radius 3 is 2.30 bits per heavy atom. The van der Waals surface area contributed by atoms with Crippen molar-refractivity contribution >= 4 is 22.9 Å². The standard InChI is InChI=1S/C13H18N4O2S/c1-15-6-8-16(9-7-15)12(13(14)20)10-2-4-11(5-3-10)17(18)19/h2-5,12H,6-9H2,1H3,(H2,14,20). The highest BCUT2D eigenvalue weighted by atomic mass is 32.1. The van der Waals surface area contributed by atoms with Crippen molar-refractivity contribution in [3.8, 4) is 0 Å². The first kappa shape index (κ1) is 14.8. The Balaban J connectivity index is 2.20. The molecule has 7 heteroatoms. The predicted octanol–water partition coefficient (Wildman–Crippen LogP) is 1.17. The summed E-state index contributed by atoms with van der Waals surface area (Å²) in [7, 11) is 2.08. The van der Waals surface area contributed by atoms with E-state index in [4.69, 9.17) is 18.0 Å². The Bertz CT molecular complexity index is 498. The Morgan fingerprint density at radius 2 is 1.85 bits per heavy atom. The highest BCUT2D eigenvalue weighted by molar-refractivity contribution is 7.80. The molecule has 0 aliphatic carbocycles. The van der Waals surface area contributed by atoms with Crippen molar-refractivity contribution in [2.45, 2.75) is 6.04 Å². The second-order valence-electron chi connectivity index (χ2n) is 4.99. The van der Waals surface area contributed by atoms with Crippen LogP contribution in [-0.2, 0) is 0 Å². The van der Waals surface area contributed by atoms with Gasteiger partial charge in [0, 0.05) is 38.3 Å². The number of rotatable bonds is 4. The minimum Gasteiger partial charge on any atom is -0.392 e. The number of likely N-dealkylation sites (N-methyl/N-ethyl adjacent to an activating group) is 1. The lowest BCUT2D eigenvalue weighted by molar-refractivity contribution is -0.384. The van der Waals surface area contributed by atoms with Crippen molar-refractivity contribution in [2.75, 3.05) is 33.2 Å². The van der Waals surface area contributed by atoms with Crippen molar-refractivity contribution in [1.82, 2.24) is 9.80 Å². The van der Waals surface area contributed by atoms with Gasteiger partial charge in [0.2, 0.25) is 0 Å². The first-order valence-corrected chi connectivity index (χ1v) is 6.86. The van der Waals surface area contributed by atoms with E-state index in [0.717, 1.165) is 31.7 Å². The molecule has 1 aromatic rings. The van der Waals surface area contributed by atoms with E-state index in [2.05, 4.69) is 16.8 Å². The van der Waals surface area contributed by atoms with E-state index in [-0.39, 0.29) is 11.7 Å². The van der Waals surface area contributed by atoms with Crippen LogP contribution in [-0.4, -0.2) is 52.9 Å². The first-order chi connectivity index (χ1) is 9.49. The number of benzene rings is 1. The van der Waals surface area contributed by atoms with E-state index >= 15 is 0 Å². The van der Waals surface area contributed by atoms with Gasteiger partial charge in [0.15, 0.2) is 0 Å². The van der Waals surface area contributed by atoms with Crippen LogP contribution in [0.4, 0.5) is 5.69 Å². The second-order valence-corrected chi connectivity index (χ2v) is 5.46. The number of piperazine rings is 1. The molecule has 0 radical (unpaired) electrons. The van der Waals surface area contributed by atoms with Crippen LogP contribution in [0.2, 0.25) is 0 Å². The van der Waals surface area contributed by atoms with Crippen molar-refractivity contribution < 1.29 is 4.92 Å². The van der Waals surface area contributed by atoms with Gasteiger partial charge in [-0.25, -0.2) is 0 Å². The van der Waals surface area contributed by atoms with Crippen LogP contribution in [0.15, 0.2) is 24.3 Å². The summed E-state index contributed by atoms with van der Waals surface area (Å²) in [5.41, 5.74) is 6.86. The van der Waals surface area contributed by atoms with Gasteiger partial charge in [-0.05, 0) is 12.6 Å². The largest absolute Gasteiger partial charge is 0.392 e. The number of hydrogen-bond acceptors (Lipinski definition) is 5. The fraction of sp³-hybridized carbons (Fsp3) is 0.462. The maximum atomic E-state index is 10.7. The van der Waals surface area contributed by atoms with Gasteiger partial charge in [0.05, 0.1) is 16.0 Å². The number of nitro groups is 1. The maximum absolute atomic E-state index is 10.7. The number of nitro benzene ring substituents is 1. The smallest absolute Gasteiger partial charge is 0.269 e. The Morgan fingerprint density at radius 1 is 1.30 bits per heavy atom. The van der Waals surface area contributed by atoms with Gasteiger partial charge in [-0.3, -0.25) is 15.0 Å². The van der Waals surface area contributed by atoms with Crippen LogP contribution >= 0.6 is 12.2 Å². The summed E-state index contributed by atoms with van der Waals surface area (Å²) in [6, 6.07) is 6.31. The van der Waals surface area contributed by atoms with Crippen LogP contribution in [0, 0.1) is 10.1 Å². The van der Waals surface area contributed by atoms with Gasteiger partial charge in [-0.15, -0.1) is 0 Å². The van der Waals surface area contributed by atoms with Gasteiger partial charge < -0.3 is 10.6 Å². The molecule has 2 N–H and O–H groups in total. The van der Waals surface area contributed by atoms with Crippen molar-refractivity contribution in [2.24, 2.45) is 5.73 Å². The summed E-state index contributed by atoms with van der Waals surface area (Å²) in [6.45, 7) is 3.70. The predicted molar refractivity (Wildman–Crippen MR) is 81.7 cm³/mol. The molecule has 0 bridgehead atoms. The Kier molecular flexibility index (Phi) is 4.64. The molecule has 1 atom stereocenters. The number of nitrogens with two attached hydrogens (primary N) is 1. The lowest BCUT2D eigenvalue weighted by Crippen LogP contribution is -2.48. The fourth-order valence-corrected chi connectivity index (χ4v) is 2.70. The normalized spacial score (nSPS) is 18.6. The molecule has 20 heavy (non-hydrogen) atoms. The summed E-state index contributed by atoms with van der Waals surface area (Å²) in [5.74, 6) is 0. The van der Waals surface area contributed by atoms with E-state index in [9.17, 15) is 10.1 Å². The minimum atomic E-state index is -0.407. The zero-order valence-electron chi connectivity index (χ0n) is 11.4. The minimum absolute atomic E-state index is 0.0776. The van der Waals surface area contributed by atoms with Gasteiger partial charge in [0.25, 0.3) is 5.69 Å². The average molecular weight is 294 g/mol. The third kappa shape index (κ3) is 3.30. The van der Waals surface area contributed by atoms with Gasteiger partial charge in [0.1, 0.15) is 0 Å². The molecule has 108 valence electrons. The monoisotopic (exact) mass is 294 g/mol. The quantitative estimate of drug-likeness (QED) is 0.510. The van der Waals surface area contributed by atoms with Gasteiger partial charge in [-0.1, -0.05) is 24.4 Å². The zero-order valence-corrected chi connectivity index (χ0v) is 12.2. The molecule has 1 unspecified atom stereocenters. The van der Waals surface area contributed by atoms with Gasteiger partial charge >= 0.3 is 0 Å². The molecule has 1 saturated heterocycles. The van der Waals surface area contributed by atoms with Crippen LogP contribution < -0.4 is 5.73 Å². The molecule has 0 amide bonds. The number of nitrogens with zero attached hydrogens (tertiary/aromatic N) is 3. The summed E-state index contributed by atoms with van der Waals surface area (Å²) >= 11 is 5.18. The first-order valence-electron chi connectivity index (χ1n) is 6.45. The second kappa shape index (κ2) is 6.25. The van der Waals surface area contributed by atoms with Crippen LogP contribution in [0.25, 0.3) is 0 Å². The molecule has 0 aromatic heterocycles. The molecule has 1 fully saturated rings. The van der Waals surface area contributed by atoms with E-state index in [1.165, 1.54) is 12.1 Å². The number of non-ortho nitro benzene ring substituents is 1. The Labute approximate surface area is 123 Å². The van der Waals surface area contributed by atoms with Crippen LogP contribution in [0.1, 0.15) is 11.6 Å². The maximum Gasteiger partial charge on any atom is 0.269 e. The van der Waals surface area contributed by atoms with E-state index in [1.807, 2.05) is 0 Å². The lowest BCUT2D eigenvalue weighted by Gasteiger charge is -2.37. The molecule has 1 aromatic carbocycles. The third-order valence-electron chi connectivity index (χ3n) is 3.59. The van der Waals surface area contributed by atoms with Crippen LogP contribution in [0.5, 0.6) is 0 Å². The topological polar surface area (TPSA) is 75.6 Å². The molecule has 6 nitrogen and oxygen atoms in total. The fourth-order valence-electron chi connectivity index (χ4n) is 2.41. The molecule has 1 heterocycles. The summed E-state index contributed by atoms with van der Waals surface area (Å²) in [6.07, 6.45) is 0. The zero-order chi connectivity index (χ0) is 14.7. The SMILES string of the molecule is CN1CCN(C(C(N)=S)c2ccc([N+](=O)[O-])cc2)CC1. The van der Waals surface area contributed by atoms with Crippen molar-refractivity contribution in [1.29, 1.82) is 0 Å². The number of hydrogen-bond donors (Lipinski definition) is 1. The molecule has 0 saturated carbocycles. The third-order valence-corrected chi connectivity index (χ3v) is 3.82. The Hall–Kier alpha value is -1.57. The van der Waals surface area contributed by atoms with Crippen LogP contribution in [0.3, 0.4) is 0 Å². The lowest BCUT2D eigenvalue weighted by atomic mass is 10.0. The molecular weight excluding hydrogens is 276 g/mol. The molecular formula is C13H18N4O2S. The number of thiocarbonyl (C=S) groups is 1. The summed E-state index contributed by atoms with van der Waals surface area (Å²) < 4.78 is 0. The van der Waals surface area contributed by atoms with E-state index < -0.39 is 4.92 Å². The van der Waals surface area contributed by atoms with Crippen molar-refractivity contribution in [3.63, 3.8) is 0 Å². The summed E-state index contributed by atoms with van der Waals surface area (Å²) in [5, 5.41) is 10.7. The van der Waals surface area contributed by atoms with E-state index in [1.54, 1.807) is 12.1 Å². The van der Waals surface area contributed by atoms with Crippen molar-refractivity contribution in [3.05, 3.63) is 39.9 Å².